The second-order valence-electron chi connectivity index (χ2n) is 6.62. The highest BCUT2D eigenvalue weighted by Gasteiger charge is 2.11. The van der Waals surface area contributed by atoms with Crippen LogP contribution in [0.5, 0.6) is 0 Å². The van der Waals surface area contributed by atoms with E-state index < -0.39 is 0 Å². The standard InChI is InChI=1S/C23H24N4O2/c1-3-27(16-18-8-5-4-6-9-18)22-13-12-19(15-24-22)23(29)26-21-11-7-10-20(14-21)25-17(2)28/h4-15H,3,16H2,1-2H3,(H,25,28)(H,26,29). The monoisotopic (exact) mass is 388 g/mol. The fourth-order valence-corrected chi connectivity index (χ4v) is 2.95. The van der Waals surface area contributed by atoms with Crippen molar-refractivity contribution in [3.05, 3.63) is 84.1 Å². The molecule has 0 aliphatic carbocycles. The summed E-state index contributed by atoms with van der Waals surface area (Å²) >= 11 is 0. The first-order chi connectivity index (χ1) is 14.0. The number of hydrogen-bond acceptors (Lipinski definition) is 4. The van der Waals surface area contributed by atoms with Gasteiger partial charge in [0.05, 0.1) is 5.56 Å². The minimum atomic E-state index is -0.255. The Labute approximate surface area is 170 Å². The first-order valence-electron chi connectivity index (χ1n) is 9.49. The molecular formula is C23H24N4O2. The zero-order valence-corrected chi connectivity index (χ0v) is 16.6. The molecular weight excluding hydrogens is 364 g/mol. The quantitative estimate of drug-likeness (QED) is 0.632. The van der Waals surface area contributed by atoms with Crippen LogP contribution in [-0.4, -0.2) is 23.3 Å². The zero-order valence-electron chi connectivity index (χ0n) is 16.6. The topological polar surface area (TPSA) is 74.3 Å². The van der Waals surface area contributed by atoms with Gasteiger partial charge in [0.25, 0.3) is 5.91 Å². The summed E-state index contributed by atoms with van der Waals surface area (Å²) in [5.74, 6) is 0.403. The third-order valence-corrected chi connectivity index (χ3v) is 4.37. The van der Waals surface area contributed by atoms with Gasteiger partial charge in [0.2, 0.25) is 5.91 Å². The number of benzene rings is 2. The van der Waals surface area contributed by atoms with E-state index in [2.05, 4.69) is 39.6 Å². The number of anilines is 3. The van der Waals surface area contributed by atoms with Crippen molar-refractivity contribution >= 4 is 29.0 Å². The van der Waals surface area contributed by atoms with Gasteiger partial charge in [-0.05, 0) is 42.8 Å². The van der Waals surface area contributed by atoms with Crippen molar-refractivity contribution in [3.63, 3.8) is 0 Å². The molecule has 1 heterocycles. The van der Waals surface area contributed by atoms with Crippen molar-refractivity contribution < 1.29 is 9.59 Å². The van der Waals surface area contributed by atoms with Gasteiger partial charge in [0.15, 0.2) is 0 Å². The van der Waals surface area contributed by atoms with Gasteiger partial charge in [-0.15, -0.1) is 0 Å². The van der Waals surface area contributed by atoms with Crippen molar-refractivity contribution in [1.29, 1.82) is 0 Å². The fraction of sp³-hybridized carbons (Fsp3) is 0.174. The largest absolute Gasteiger partial charge is 0.353 e. The number of amides is 2. The molecule has 0 bridgehead atoms. The molecule has 0 spiro atoms. The van der Waals surface area contributed by atoms with Crippen molar-refractivity contribution in [2.24, 2.45) is 0 Å². The fourth-order valence-electron chi connectivity index (χ4n) is 2.95. The Hall–Kier alpha value is -3.67. The van der Waals surface area contributed by atoms with Crippen molar-refractivity contribution in [2.75, 3.05) is 22.1 Å². The number of aromatic nitrogens is 1. The normalized spacial score (nSPS) is 10.3. The number of hydrogen-bond donors (Lipinski definition) is 2. The van der Waals surface area contributed by atoms with E-state index in [4.69, 9.17) is 0 Å². The van der Waals surface area contributed by atoms with E-state index in [1.165, 1.54) is 12.5 Å². The lowest BCUT2D eigenvalue weighted by Crippen LogP contribution is -2.23. The Morgan fingerprint density at radius 3 is 2.28 bits per heavy atom. The molecule has 6 nitrogen and oxygen atoms in total. The number of nitrogens with one attached hydrogen (secondary N) is 2. The predicted octanol–water partition coefficient (Wildman–Crippen LogP) is 4.32. The molecule has 3 aromatic rings. The van der Waals surface area contributed by atoms with Crippen LogP contribution in [0.4, 0.5) is 17.2 Å². The lowest BCUT2D eigenvalue weighted by molar-refractivity contribution is -0.114. The molecule has 0 saturated heterocycles. The highest BCUT2D eigenvalue weighted by molar-refractivity contribution is 6.04. The molecule has 2 aromatic carbocycles. The Morgan fingerprint density at radius 1 is 0.931 bits per heavy atom. The summed E-state index contributed by atoms with van der Waals surface area (Å²) in [6.07, 6.45) is 1.58. The molecule has 0 radical (unpaired) electrons. The van der Waals surface area contributed by atoms with E-state index in [-0.39, 0.29) is 11.8 Å². The lowest BCUT2D eigenvalue weighted by atomic mass is 10.2. The second kappa shape index (κ2) is 9.50. The van der Waals surface area contributed by atoms with E-state index in [9.17, 15) is 9.59 Å². The number of carbonyl (C=O) groups excluding carboxylic acids is 2. The number of pyridine rings is 1. The summed E-state index contributed by atoms with van der Waals surface area (Å²) < 4.78 is 0. The molecule has 29 heavy (non-hydrogen) atoms. The van der Waals surface area contributed by atoms with Crippen molar-refractivity contribution in [1.82, 2.24) is 4.98 Å². The lowest BCUT2D eigenvalue weighted by Gasteiger charge is -2.22. The van der Waals surface area contributed by atoms with Crippen LogP contribution in [0, 0.1) is 0 Å². The SMILES string of the molecule is CCN(Cc1ccccc1)c1ccc(C(=O)Nc2cccc(NC(C)=O)c2)cn1. The van der Waals surface area contributed by atoms with Gasteiger partial charge in [-0.1, -0.05) is 36.4 Å². The van der Waals surface area contributed by atoms with Gasteiger partial charge < -0.3 is 15.5 Å². The van der Waals surface area contributed by atoms with E-state index in [1.807, 2.05) is 24.3 Å². The second-order valence-corrected chi connectivity index (χ2v) is 6.62. The molecule has 3 rings (SSSR count). The maximum absolute atomic E-state index is 12.5. The summed E-state index contributed by atoms with van der Waals surface area (Å²) in [7, 11) is 0. The molecule has 0 unspecified atom stereocenters. The Morgan fingerprint density at radius 2 is 1.66 bits per heavy atom. The molecule has 148 valence electrons. The highest BCUT2D eigenvalue weighted by atomic mass is 16.2. The Balaban J connectivity index is 1.67. The minimum absolute atomic E-state index is 0.163. The number of nitrogens with zero attached hydrogens (tertiary/aromatic N) is 2. The summed E-state index contributed by atoms with van der Waals surface area (Å²) in [5.41, 5.74) is 2.90. The van der Waals surface area contributed by atoms with E-state index in [1.54, 1.807) is 36.5 Å². The van der Waals surface area contributed by atoms with Gasteiger partial charge >= 0.3 is 0 Å². The molecule has 6 heteroatoms. The molecule has 0 atom stereocenters. The van der Waals surface area contributed by atoms with Gasteiger partial charge in [0, 0.05) is 37.6 Å². The van der Waals surface area contributed by atoms with E-state index in [0.717, 1.165) is 18.9 Å². The third kappa shape index (κ3) is 5.65. The smallest absolute Gasteiger partial charge is 0.257 e. The van der Waals surface area contributed by atoms with Crippen LogP contribution in [0.3, 0.4) is 0 Å². The van der Waals surface area contributed by atoms with Gasteiger partial charge in [-0.2, -0.15) is 0 Å². The van der Waals surface area contributed by atoms with Crippen molar-refractivity contribution in [3.8, 4) is 0 Å². The zero-order chi connectivity index (χ0) is 20.6. The number of carbonyl (C=O) groups is 2. The van der Waals surface area contributed by atoms with E-state index in [0.29, 0.717) is 16.9 Å². The number of rotatable bonds is 7. The molecule has 1 aromatic heterocycles. The summed E-state index contributed by atoms with van der Waals surface area (Å²) in [6.45, 7) is 5.08. The van der Waals surface area contributed by atoms with Crippen LogP contribution in [0.1, 0.15) is 29.8 Å². The van der Waals surface area contributed by atoms with Gasteiger partial charge in [0.1, 0.15) is 5.82 Å². The van der Waals surface area contributed by atoms with Crippen LogP contribution in [0.2, 0.25) is 0 Å². The first kappa shape index (κ1) is 20.1. The van der Waals surface area contributed by atoms with Crippen LogP contribution in [-0.2, 0) is 11.3 Å². The Bertz CT molecular complexity index is 972. The molecule has 0 aliphatic heterocycles. The third-order valence-electron chi connectivity index (χ3n) is 4.37. The van der Waals surface area contributed by atoms with Gasteiger partial charge in [-0.3, -0.25) is 9.59 Å². The molecule has 0 aliphatic rings. The average molecular weight is 388 g/mol. The average Bonchev–Trinajstić information content (AvgIpc) is 2.72. The molecule has 2 amide bonds. The molecule has 0 fully saturated rings. The van der Waals surface area contributed by atoms with Crippen LogP contribution in [0.25, 0.3) is 0 Å². The minimum Gasteiger partial charge on any atom is -0.353 e. The van der Waals surface area contributed by atoms with E-state index >= 15 is 0 Å². The maximum atomic E-state index is 12.5. The Kier molecular flexibility index (Phi) is 6.58. The molecule has 2 N–H and O–H groups in total. The first-order valence-corrected chi connectivity index (χ1v) is 9.49. The molecule has 0 saturated carbocycles. The highest BCUT2D eigenvalue weighted by Crippen LogP contribution is 2.18. The van der Waals surface area contributed by atoms with Crippen LogP contribution < -0.4 is 15.5 Å². The predicted molar refractivity (Wildman–Crippen MR) is 116 cm³/mol. The van der Waals surface area contributed by atoms with Crippen molar-refractivity contribution in [2.45, 2.75) is 20.4 Å². The van der Waals surface area contributed by atoms with Gasteiger partial charge in [-0.25, -0.2) is 4.98 Å². The maximum Gasteiger partial charge on any atom is 0.257 e. The van der Waals surface area contributed by atoms with Crippen LogP contribution >= 0.6 is 0 Å². The van der Waals surface area contributed by atoms with Crippen LogP contribution in [0.15, 0.2) is 72.9 Å². The summed E-state index contributed by atoms with van der Waals surface area (Å²) in [5, 5.41) is 5.53. The summed E-state index contributed by atoms with van der Waals surface area (Å²) in [4.78, 5) is 30.3. The summed E-state index contributed by atoms with van der Waals surface area (Å²) in [6, 6.07) is 20.8.